The third-order valence-corrected chi connectivity index (χ3v) is 2.87. The van der Waals surface area contributed by atoms with Crippen molar-refractivity contribution in [3.63, 3.8) is 0 Å². The van der Waals surface area contributed by atoms with Crippen LogP contribution >= 0.6 is 0 Å². The second-order valence-electron chi connectivity index (χ2n) is 4.22. The normalized spacial score (nSPS) is 15.4. The molecule has 0 aliphatic heterocycles. The molecule has 1 aromatic rings. The van der Waals surface area contributed by atoms with E-state index in [1.807, 2.05) is 0 Å². The van der Waals surface area contributed by atoms with Crippen LogP contribution in [0, 0.1) is 0 Å². The van der Waals surface area contributed by atoms with Crippen LogP contribution in [0.1, 0.15) is 42.5 Å². The molecule has 0 atom stereocenters. The van der Waals surface area contributed by atoms with E-state index in [0.29, 0.717) is 5.69 Å². The third kappa shape index (κ3) is 3.31. The fourth-order valence-corrected chi connectivity index (χ4v) is 1.93. The smallest absolute Gasteiger partial charge is 0.0716 e. The van der Waals surface area contributed by atoms with Gasteiger partial charge in [-0.15, -0.1) is 0 Å². The summed E-state index contributed by atoms with van der Waals surface area (Å²) in [5, 5.41) is 15.0. The van der Waals surface area contributed by atoms with Crippen molar-refractivity contribution >= 4 is 17.4 Å². The molecule has 0 aromatic heterocycles. The van der Waals surface area contributed by atoms with E-state index >= 15 is 0 Å². The Morgan fingerprint density at radius 3 is 2.71 bits per heavy atom. The molecule has 0 saturated heterocycles. The zero-order valence-corrected chi connectivity index (χ0v) is 9.61. The number of nitrogens with one attached hydrogen (secondary N) is 1. The molecular formula is C13H15N2O2-. The molecule has 90 valence electrons. The van der Waals surface area contributed by atoms with Gasteiger partial charge in [0.2, 0.25) is 0 Å². The number of rotatable bonds is 3. The lowest BCUT2D eigenvalue weighted by Gasteiger charge is -2.12. The van der Waals surface area contributed by atoms with Crippen molar-refractivity contribution in [3.05, 3.63) is 29.8 Å². The molecule has 1 aromatic carbocycles. The lowest BCUT2D eigenvalue weighted by Crippen LogP contribution is -2.22. The Labute approximate surface area is 100 Å². The molecular weight excluding hydrogens is 216 g/mol. The molecule has 0 radical (unpaired) electrons. The summed E-state index contributed by atoms with van der Waals surface area (Å²) in [5.74, 6) is -1.17. The molecule has 0 spiro atoms. The number of nitrogens with zero attached hydrogens (tertiary/aromatic N) is 1. The van der Waals surface area contributed by atoms with Gasteiger partial charge < -0.3 is 9.90 Å². The maximum absolute atomic E-state index is 10.7. The Hall–Kier alpha value is -1.84. The Balaban J connectivity index is 2.03. The highest BCUT2D eigenvalue weighted by atomic mass is 16.4. The fourth-order valence-electron chi connectivity index (χ4n) is 1.93. The van der Waals surface area contributed by atoms with Gasteiger partial charge in [0.1, 0.15) is 0 Å². The highest BCUT2D eigenvalue weighted by molar-refractivity contribution is 5.88. The predicted molar refractivity (Wildman–Crippen MR) is 64.9 cm³/mol. The summed E-state index contributed by atoms with van der Waals surface area (Å²) < 4.78 is 0. The van der Waals surface area contributed by atoms with Gasteiger partial charge in [-0.25, -0.2) is 0 Å². The van der Waals surface area contributed by atoms with Crippen LogP contribution in [0.4, 0.5) is 5.69 Å². The van der Waals surface area contributed by atoms with Crippen molar-refractivity contribution in [3.8, 4) is 0 Å². The number of carboxylic acid groups (broad SMARTS) is 1. The van der Waals surface area contributed by atoms with Crippen molar-refractivity contribution < 1.29 is 9.90 Å². The largest absolute Gasteiger partial charge is 0.545 e. The highest BCUT2D eigenvalue weighted by Gasteiger charge is 2.06. The first kappa shape index (κ1) is 11.6. The minimum absolute atomic E-state index is 0.166. The quantitative estimate of drug-likeness (QED) is 0.806. The fraction of sp³-hybridized carbons (Fsp3) is 0.385. The lowest BCUT2D eigenvalue weighted by molar-refractivity contribution is -0.255. The molecule has 1 N–H and O–H groups in total. The first-order valence-corrected chi connectivity index (χ1v) is 5.88. The van der Waals surface area contributed by atoms with E-state index < -0.39 is 5.97 Å². The van der Waals surface area contributed by atoms with E-state index in [1.54, 1.807) is 12.1 Å². The van der Waals surface area contributed by atoms with E-state index in [4.69, 9.17) is 0 Å². The average Bonchev–Trinajstić information content (AvgIpc) is 2.38. The summed E-state index contributed by atoms with van der Waals surface area (Å²) in [6.07, 6.45) is 5.73. The van der Waals surface area contributed by atoms with Crippen molar-refractivity contribution in [1.82, 2.24) is 0 Å². The van der Waals surface area contributed by atoms with Crippen LogP contribution in [0.3, 0.4) is 0 Å². The van der Waals surface area contributed by atoms with Crippen LogP contribution in [0.25, 0.3) is 0 Å². The van der Waals surface area contributed by atoms with Crippen molar-refractivity contribution in [2.24, 2.45) is 5.10 Å². The van der Waals surface area contributed by atoms with E-state index in [1.165, 1.54) is 31.4 Å². The molecule has 17 heavy (non-hydrogen) atoms. The van der Waals surface area contributed by atoms with E-state index in [9.17, 15) is 9.90 Å². The summed E-state index contributed by atoms with van der Waals surface area (Å²) in [6, 6.07) is 6.50. The van der Waals surface area contributed by atoms with Gasteiger partial charge in [-0.3, -0.25) is 5.43 Å². The van der Waals surface area contributed by atoms with E-state index in [0.717, 1.165) is 18.6 Å². The highest BCUT2D eigenvalue weighted by Crippen LogP contribution is 2.16. The maximum Gasteiger partial charge on any atom is 0.0716 e. The summed E-state index contributed by atoms with van der Waals surface area (Å²) >= 11 is 0. The Morgan fingerprint density at radius 2 is 2.00 bits per heavy atom. The number of hydrazone groups is 1. The predicted octanol–water partition coefficient (Wildman–Crippen LogP) is 1.78. The maximum atomic E-state index is 10.7. The Morgan fingerprint density at radius 1 is 1.24 bits per heavy atom. The van der Waals surface area contributed by atoms with Gasteiger partial charge >= 0.3 is 0 Å². The topological polar surface area (TPSA) is 64.5 Å². The van der Waals surface area contributed by atoms with Crippen LogP contribution in [0.2, 0.25) is 0 Å². The summed E-state index contributed by atoms with van der Waals surface area (Å²) in [4.78, 5) is 10.7. The van der Waals surface area contributed by atoms with Crippen molar-refractivity contribution in [2.75, 3.05) is 5.43 Å². The van der Waals surface area contributed by atoms with Gasteiger partial charge in [-0.1, -0.05) is 18.6 Å². The lowest BCUT2D eigenvalue weighted by atomic mass is 9.99. The number of aromatic carboxylic acids is 1. The molecule has 4 heteroatoms. The molecule has 4 nitrogen and oxygen atoms in total. The van der Waals surface area contributed by atoms with Crippen LogP contribution in [-0.2, 0) is 0 Å². The van der Waals surface area contributed by atoms with E-state index in [-0.39, 0.29) is 5.56 Å². The number of carboxylic acids is 1. The molecule has 0 unspecified atom stereocenters. The standard InChI is InChI=1S/C13H16N2O2/c16-13(17)10-5-4-8-12(9-10)15-14-11-6-2-1-3-7-11/h4-5,8-9,15H,1-3,6-7H2,(H,16,17)/p-1. The number of carbonyl (C=O) groups is 1. The second kappa shape index (κ2) is 5.48. The van der Waals surface area contributed by atoms with E-state index in [2.05, 4.69) is 10.5 Å². The molecule has 2 rings (SSSR count). The number of anilines is 1. The van der Waals surface area contributed by atoms with Crippen LogP contribution in [0.5, 0.6) is 0 Å². The van der Waals surface area contributed by atoms with Crippen molar-refractivity contribution in [1.29, 1.82) is 0 Å². The monoisotopic (exact) mass is 231 g/mol. The Bertz CT molecular complexity index is 433. The van der Waals surface area contributed by atoms with Gasteiger partial charge in [0, 0.05) is 5.71 Å². The summed E-state index contributed by atoms with van der Waals surface area (Å²) in [6.45, 7) is 0. The van der Waals surface area contributed by atoms with Crippen LogP contribution < -0.4 is 10.5 Å². The zero-order chi connectivity index (χ0) is 12.1. The van der Waals surface area contributed by atoms with Gasteiger partial charge in [0.05, 0.1) is 11.7 Å². The zero-order valence-electron chi connectivity index (χ0n) is 9.61. The number of benzene rings is 1. The SMILES string of the molecule is O=C([O-])c1cccc(NN=C2CCCCC2)c1. The van der Waals surface area contributed by atoms with Gasteiger partial charge in [-0.05, 0) is 43.4 Å². The minimum atomic E-state index is -1.17. The summed E-state index contributed by atoms with van der Waals surface area (Å²) in [5.41, 5.74) is 4.92. The molecule has 1 aliphatic rings. The van der Waals surface area contributed by atoms with Crippen molar-refractivity contribution in [2.45, 2.75) is 32.1 Å². The van der Waals surface area contributed by atoms with Gasteiger partial charge in [0.15, 0.2) is 0 Å². The summed E-state index contributed by atoms with van der Waals surface area (Å²) in [7, 11) is 0. The molecule has 1 fully saturated rings. The van der Waals surface area contributed by atoms with Crippen LogP contribution in [-0.4, -0.2) is 11.7 Å². The average molecular weight is 231 g/mol. The number of hydrogen-bond donors (Lipinski definition) is 1. The molecule has 1 aliphatic carbocycles. The molecule has 0 amide bonds. The van der Waals surface area contributed by atoms with Crippen LogP contribution in [0.15, 0.2) is 29.4 Å². The first-order valence-electron chi connectivity index (χ1n) is 5.88. The number of carbonyl (C=O) groups excluding carboxylic acids is 1. The molecule has 1 saturated carbocycles. The first-order chi connectivity index (χ1) is 8.25. The van der Waals surface area contributed by atoms with Gasteiger partial charge in [0.25, 0.3) is 0 Å². The van der Waals surface area contributed by atoms with Gasteiger partial charge in [-0.2, -0.15) is 5.10 Å². The minimum Gasteiger partial charge on any atom is -0.545 e. The number of hydrogen-bond acceptors (Lipinski definition) is 4. The second-order valence-corrected chi connectivity index (χ2v) is 4.22. The molecule has 0 bridgehead atoms. The third-order valence-electron chi connectivity index (χ3n) is 2.87. The Kier molecular flexibility index (Phi) is 3.75. The molecule has 0 heterocycles.